The number of carbonyl (C=O) groups is 1. The number of non-ortho nitro benzene ring substituents is 1. The van der Waals surface area contributed by atoms with E-state index in [1.54, 1.807) is 0 Å². The number of ether oxygens (including phenoxy) is 1. The summed E-state index contributed by atoms with van der Waals surface area (Å²) >= 11 is 5.36. The van der Waals surface area contributed by atoms with Crippen LogP contribution in [-0.4, -0.2) is 37.2 Å². The van der Waals surface area contributed by atoms with Crippen molar-refractivity contribution in [2.45, 2.75) is 4.90 Å². The molecule has 2 aromatic carbocycles. The Balaban J connectivity index is 2.78. The fourth-order valence-corrected chi connectivity index (χ4v) is 4.12. The third-order valence-electron chi connectivity index (χ3n) is 3.54. The van der Waals surface area contributed by atoms with Gasteiger partial charge in [0.25, 0.3) is 21.4 Å². The molecule has 0 saturated heterocycles. The Labute approximate surface area is 163 Å². The normalized spacial score (nSPS) is 10.9. The Morgan fingerprint density at radius 2 is 1.79 bits per heavy atom. The van der Waals surface area contributed by atoms with Gasteiger partial charge in [0.1, 0.15) is 18.0 Å². The van der Waals surface area contributed by atoms with Crippen molar-refractivity contribution >= 4 is 43.9 Å². The maximum absolute atomic E-state index is 13.1. The van der Waals surface area contributed by atoms with Crippen LogP contribution in [0.4, 0.5) is 17.1 Å². The first-order chi connectivity index (χ1) is 13.1. The number of benzene rings is 2. The molecule has 0 aliphatic carbocycles. The number of nitro benzene ring substituents is 2. The smallest absolute Gasteiger partial charge is 0.289 e. The summed E-state index contributed by atoms with van der Waals surface area (Å²) in [5.41, 5.74) is -1.59. The maximum atomic E-state index is 13.1. The van der Waals surface area contributed by atoms with Gasteiger partial charge in [0.2, 0.25) is 5.24 Å². The number of halogens is 1. The van der Waals surface area contributed by atoms with Crippen LogP contribution in [0.3, 0.4) is 0 Å². The molecule has 0 fully saturated rings. The van der Waals surface area contributed by atoms with E-state index in [1.165, 1.54) is 19.2 Å². The van der Waals surface area contributed by atoms with Crippen LogP contribution in [0.15, 0.2) is 47.4 Å². The van der Waals surface area contributed by atoms with E-state index in [-0.39, 0.29) is 11.4 Å². The average molecular weight is 430 g/mol. The predicted molar refractivity (Wildman–Crippen MR) is 98.1 cm³/mol. The van der Waals surface area contributed by atoms with Gasteiger partial charge >= 0.3 is 0 Å². The zero-order valence-electron chi connectivity index (χ0n) is 14.1. The Bertz CT molecular complexity index is 1060. The van der Waals surface area contributed by atoms with Crippen LogP contribution in [0.25, 0.3) is 0 Å². The topological polar surface area (TPSA) is 150 Å². The number of sulfonamides is 1. The van der Waals surface area contributed by atoms with Gasteiger partial charge in [-0.25, -0.2) is 8.42 Å². The first-order valence-electron chi connectivity index (χ1n) is 7.36. The number of hydrogen-bond acceptors (Lipinski definition) is 8. The summed E-state index contributed by atoms with van der Waals surface area (Å²) in [5, 5.41) is 21.2. The Morgan fingerprint density at radius 1 is 1.14 bits per heavy atom. The van der Waals surface area contributed by atoms with Gasteiger partial charge in [-0.3, -0.25) is 29.3 Å². The van der Waals surface area contributed by atoms with Crippen LogP contribution in [0.1, 0.15) is 0 Å². The van der Waals surface area contributed by atoms with Gasteiger partial charge in [0, 0.05) is 18.2 Å². The van der Waals surface area contributed by atoms with E-state index in [1.807, 2.05) is 0 Å². The second-order valence-electron chi connectivity index (χ2n) is 5.20. The lowest BCUT2D eigenvalue weighted by molar-refractivity contribution is -0.387. The molecule has 2 aromatic rings. The van der Waals surface area contributed by atoms with Crippen molar-refractivity contribution < 1.29 is 27.8 Å². The summed E-state index contributed by atoms with van der Waals surface area (Å²) in [6.07, 6.45) is 0. The highest BCUT2D eigenvalue weighted by Crippen LogP contribution is 2.37. The molecule has 0 atom stereocenters. The first-order valence-corrected chi connectivity index (χ1v) is 9.18. The van der Waals surface area contributed by atoms with E-state index in [4.69, 9.17) is 16.3 Å². The minimum absolute atomic E-state index is 0.120. The fraction of sp³-hybridized carbons (Fsp3) is 0.133. The summed E-state index contributed by atoms with van der Waals surface area (Å²) in [4.78, 5) is 31.4. The average Bonchev–Trinajstić information content (AvgIpc) is 2.65. The minimum Gasteiger partial charge on any atom is -0.495 e. The molecular formula is C15H12ClN3O8S. The number of anilines is 1. The van der Waals surface area contributed by atoms with Crippen LogP contribution >= 0.6 is 11.6 Å². The molecule has 0 radical (unpaired) electrons. The van der Waals surface area contributed by atoms with Crippen LogP contribution < -0.4 is 9.04 Å². The van der Waals surface area contributed by atoms with E-state index in [0.29, 0.717) is 4.31 Å². The van der Waals surface area contributed by atoms with Gasteiger partial charge in [-0.2, -0.15) is 0 Å². The number of nitrogens with zero attached hydrogens (tertiary/aromatic N) is 3. The SMILES string of the molecule is COc1ccc([N+](=O)[O-])cc1N(CC(=O)Cl)S(=O)(=O)c1ccccc1[N+](=O)[O-]. The standard InChI is InChI=1S/C15H12ClN3O8S/c1-27-13-7-6-10(18(21)22)8-12(13)17(9-15(16)20)28(25,26)14-5-3-2-4-11(14)19(23)24/h2-8H,9H2,1H3. The van der Waals surface area contributed by atoms with Gasteiger partial charge in [0.15, 0.2) is 4.90 Å². The molecule has 0 saturated carbocycles. The van der Waals surface area contributed by atoms with Crippen molar-refractivity contribution in [3.8, 4) is 5.75 Å². The molecule has 11 nitrogen and oxygen atoms in total. The molecule has 0 N–H and O–H groups in total. The molecule has 2 rings (SSSR count). The first kappa shape index (κ1) is 21.1. The largest absolute Gasteiger partial charge is 0.495 e. The molecule has 0 heterocycles. The summed E-state index contributed by atoms with van der Waals surface area (Å²) in [7, 11) is -3.53. The van der Waals surface area contributed by atoms with Crippen molar-refractivity contribution in [1.29, 1.82) is 0 Å². The van der Waals surface area contributed by atoms with E-state index in [0.717, 1.165) is 30.3 Å². The third-order valence-corrected chi connectivity index (χ3v) is 5.47. The molecule has 28 heavy (non-hydrogen) atoms. The number of carbonyl (C=O) groups excluding carboxylic acids is 1. The summed E-state index contributed by atoms with van der Waals surface area (Å²) in [6.45, 7) is -0.937. The lowest BCUT2D eigenvalue weighted by Gasteiger charge is -2.24. The highest BCUT2D eigenvalue weighted by atomic mass is 35.5. The van der Waals surface area contributed by atoms with E-state index >= 15 is 0 Å². The van der Waals surface area contributed by atoms with Crippen molar-refractivity contribution in [3.63, 3.8) is 0 Å². The molecule has 0 amide bonds. The van der Waals surface area contributed by atoms with E-state index in [2.05, 4.69) is 0 Å². The quantitative estimate of drug-likeness (QED) is 0.352. The third kappa shape index (κ3) is 4.18. The molecule has 0 spiro atoms. The maximum Gasteiger partial charge on any atom is 0.289 e. The van der Waals surface area contributed by atoms with Crippen molar-refractivity contribution in [1.82, 2.24) is 0 Å². The molecule has 0 aliphatic rings. The number of nitro groups is 2. The lowest BCUT2D eigenvalue weighted by atomic mass is 10.2. The van der Waals surface area contributed by atoms with Crippen molar-refractivity contribution in [2.24, 2.45) is 0 Å². The molecule has 0 unspecified atom stereocenters. The van der Waals surface area contributed by atoms with Crippen LogP contribution in [0, 0.1) is 20.2 Å². The number of hydrogen-bond donors (Lipinski definition) is 0. The molecule has 0 aliphatic heterocycles. The van der Waals surface area contributed by atoms with Gasteiger partial charge in [-0.15, -0.1) is 0 Å². The monoisotopic (exact) mass is 429 g/mol. The fourth-order valence-electron chi connectivity index (χ4n) is 2.34. The van der Waals surface area contributed by atoms with Crippen molar-refractivity contribution in [3.05, 3.63) is 62.7 Å². The second-order valence-corrected chi connectivity index (χ2v) is 7.46. The van der Waals surface area contributed by atoms with Gasteiger partial charge in [-0.1, -0.05) is 12.1 Å². The highest BCUT2D eigenvalue weighted by molar-refractivity contribution is 7.93. The van der Waals surface area contributed by atoms with E-state index < -0.39 is 47.9 Å². The minimum atomic E-state index is -4.72. The molecule has 13 heteroatoms. The van der Waals surface area contributed by atoms with E-state index in [9.17, 15) is 33.4 Å². The van der Waals surface area contributed by atoms with Crippen LogP contribution in [0.2, 0.25) is 0 Å². The van der Waals surface area contributed by atoms with Gasteiger partial charge in [0.05, 0.1) is 17.0 Å². The highest BCUT2D eigenvalue weighted by Gasteiger charge is 2.35. The second kappa shape index (κ2) is 8.19. The van der Waals surface area contributed by atoms with Gasteiger partial charge < -0.3 is 4.74 Å². The number of para-hydroxylation sites is 1. The molecule has 0 aromatic heterocycles. The predicted octanol–water partition coefficient (Wildman–Crippen LogP) is 2.47. The lowest BCUT2D eigenvalue weighted by Crippen LogP contribution is -2.35. The van der Waals surface area contributed by atoms with Gasteiger partial charge in [-0.05, 0) is 23.7 Å². The Hall–Kier alpha value is -3.25. The Morgan fingerprint density at radius 3 is 2.32 bits per heavy atom. The van der Waals surface area contributed by atoms with Crippen molar-refractivity contribution in [2.75, 3.05) is 18.0 Å². The molecule has 0 bridgehead atoms. The Kier molecular flexibility index (Phi) is 6.16. The summed E-state index contributed by atoms with van der Waals surface area (Å²) < 4.78 is 31.7. The number of methoxy groups -OCH3 is 1. The summed E-state index contributed by atoms with van der Waals surface area (Å²) in [6, 6.07) is 7.54. The molecule has 148 valence electrons. The molecular weight excluding hydrogens is 418 g/mol. The van der Waals surface area contributed by atoms with Crippen LogP contribution in [0.5, 0.6) is 5.75 Å². The number of rotatable bonds is 8. The summed E-state index contributed by atoms with van der Waals surface area (Å²) in [5.74, 6) is -0.120. The zero-order valence-corrected chi connectivity index (χ0v) is 15.7. The van der Waals surface area contributed by atoms with Crippen LogP contribution in [-0.2, 0) is 14.8 Å². The zero-order chi connectivity index (χ0) is 21.1.